The lowest BCUT2D eigenvalue weighted by atomic mass is 10.1. The molecule has 0 unspecified atom stereocenters. The van der Waals surface area contributed by atoms with Gasteiger partial charge in [0, 0.05) is 10.9 Å². The van der Waals surface area contributed by atoms with Gasteiger partial charge in [0.25, 0.3) is 5.56 Å². The summed E-state index contributed by atoms with van der Waals surface area (Å²) in [6.07, 6.45) is 1.35. The van der Waals surface area contributed by atoms with E-state index < -0.39 is 11.5 Å². The topological polar surface area (TPSA) is 65.3 Å². The number of thiophene rings is 1. The molecular formula is C26H26ClF2N3O3S. The van der Waals surface area contributed by atoms with Gasteiger partial charge in [-0.1, -0.05) is 12.1 Å². The lowest BCUT2D eigenvalue weighted by molar-refractivity contribution is 0.346. The van der Waals surface area contributed by atoms with E-state index in [2.05, 4.69) is 5.32 Å². The molecule has 1 saturated heterocycles. The van der Waals surface area contributed by atoms with E-state index in [-0.39, 0.29) is 42.1 Å². The first kappa shape index (κ1) is 26.1. The number of benzene rings is 2. The van der Waals surface area contributed by atoms with Gasteiger partial charge in [-0.3, -0.25) is 13.9 Å². The lowest BCUT2D eigenvalue weighted by Gasteiger charge is -2.25. The van der Waals surface area contributed by atoms with Gasteiger partial charge < -0.3 is 10.1 Å². The Morgan fingerprint density at radius 3 is 2.50 bits per heavy atom. The SMILES string of the molecule is COc1ccc(Cn2c(=O)n(C3CCNCC3)c(=O)c3sc(-c4ccc(F)cc4C)cc32)cc1F.Cl. The summed E-state index contributed by atoms with van der Waals surface area (Å²) in [4.78, 5) is 28.1. The summed E-state index contributed by atoms with van der Waals surface area (Å²) < 4.78 is 36.5. The van der Waals surface area contributed by atoms with E-state index >= 15 is 0 Å². The third-order valence-electron chi connectivity index (χ3n) is 6.54. The first-order valence-corrected chi connectivity index (χ1v) is 12.3. The molecule has 0 saturated carbocycles. The fraction of sp³-hybridized carbons (Fsp3) is 0.308. The number of methoxy groups -OCH3 is 1. The molecule has 5 rings (SSSR count). The van der Waals surface area contributed by atoms with Crippen LogP contribution in [0.25, 0.3) is 20.7 Å². The van der Waals surface area contributed by atoms with Gasteiger partial charge >= 0.3 is 5.69 Å². The van der Waals surface area contributed by atoms with Crippen molar-refractivity contribution in [1.82, 2.24) is 14.5 Å². The lowest BCUT2D eigenvalue weighted by Crippen LogP contribution is -2.45. The van der Waals surface area contributed by atoms with Crippen molar-refractivity contribution in [2.45, 2.75) is 32.4 Å². The average molecular weight is 534 g/mol. The fourth-order valence-electron chi connectivity index (χ4n) is 4.73. The molecule has 190 valence electrons. The van der Waals surface area contributed by atoms with Gasteiger partial charge in [-0.25, -0.2) is 13.6 Å². The first-order valence-electron chi connectivity index (χ1n) is 11.5. The van der Waals surface area contributed by atoms with E-state index in [0.717, 1.165) is 29.1 Å². The third-order valence-corrected chi connectivity index (χ3v) is 7.68. The Hall–Kier alpha value is -3.01. The van der Waals surface area contributed by atoms with Crippen LogP contribution in [0.2, 0.25) is 0 Å². The van der Waals surface area contributed by atoms with Gasteiger partial charge in [0.1, 0.15) is 10.5 Å². The van der Waals surface area contributed by atoms with Crippen LogP contribution in [0.5, 0.6) is 5.75 Å². The Kier molecular flexibility index (Phi) is 7.63. The highest BCUT2D eigenvalue weighted by molar-refractivity contribution is 7.22. The van der Waals surface area contributed by atoms with Crippen LogP contribution in [0.4, 0.5) is 8.78 Å². The summed E-state index contributed by atoms with van der Waals surface area (Å²) in [5.74, 6) is -0.733. The maximum atomic E-state index is 14.4. The summed E-state index contributed by atoms with van der Waals surface area (Å²) >= 11 is 1.29. The molecule has 3 heterocycles. The van der Waals surface area contributed by atoms with Gasteiger partial charge in [-0.2, -0.15) is 0 Å². The molecule has 1 aliphatic heterocycles. The molecule has 1 aliphatic rings. The molecule has 0 atom stereocenters. The van der Waals surface area contributed by atoms with E-state index in [9.17, 15) is 18.4 Å². The highest BCUT2D eigenvalue weighted by atomic mass is 35.5. The van der Waals surface area contributed by atoms with Crippen molar-refractivity contribution < 1.29 is 13.5 Å². The molecule has 4 aromatic rings. The molecule has 1 N–H and O–H groups in total. The molecule has 2 aromatic carbocycles. The quantitative estimate of drug-likeness (QED) is 0.397. The van der Waals surface area contributed by atoms with Gasteiger partial charge in [0.05, 0.1) is 19.2 Å². The summed E-state index contributed by atoms with van der Waals surface area (Å²) in [6, 6.07) is 10.7. The fourth-order valence-corrected chi connectivity index (χ4v) is 5.92. The zero-order chi connectivity index (χ0) is 24.7. The minimum atomic E-state index is -0.520. The van der Waals surface area contributed by atoms with E-state index in [1.807, 2.05) is 6.92 Å². The Morgan fingerprint density at radius 2 is 1.83 bits per heavy atom. The van der Waals surface area contributed by atoms with Gasteiger partial charge in [0.15, 0.2) is 11.6 Å². The largest absolute Gasteiger partial charge is 0.494 e. The zero-order valence-corrected chi connectivity index (χ0v) is 21.5. The van der Waals surface area contributed by atoms with Crippen LogP contribution >= 0.6 is 23.7 Å². The number of aromatic nitrogens is 2. The monoisotopic (exact) mass is 533 g/mol. The van der Waals surface area contributed by atoms with Crippen molar-refractivity contribution in [3.05, 3.63) is 86.1 Å². The molecule has 0 radical (unpaired) electrons. The minimum Gasteiger partial charge on any atom is -0.494 e. The number of nitrogens with one attached hydrogen (secondary N) is 1. The molecule has 0 aliphatic carbocycles. The standard InChI is InChI=1S/C26H25F2N3O3S.ClH/c1-15-11-17(27)4-5-19(15)23-13-21-24(35-23)25(32)31(18-7-9-29-10-8-18)26(33)30(21)14-16-3-6-22(34-2)20(28)12-16;/h3-6,11-13,18,29H,7-10,14H2,1-2H3;1H. The number of hydrogen-bond acceptors (Lipinski definition) is 5. The Morgan fingerprint density at radius 1 is 1.08 bits per heavy atom. The Labute approximate surface area is 216 Å². The maximum absolute atomic E-state index is 14.4. The molecule has 36 heavy (non-hydrogen) atoms. The van der Waals surface area contributed by atoms with Crippen molar-refractivity contribution in [1.29, 1.82) is 0 Å². The van der Waals surface area contributed by atoms with E-state index in [1.165, 1.54) is 47.3 Å². The van der Waals surface area contributed by atoms with Crippen LogP contribution in [0.15, 0.2) is 52.1 Å². The van der Waals surface area contributed by atoms with Gasteiger partial charge in [-0.15, -0.1) is 23.7 Å². The summed E-state index contributed by atoms with van der Waals surface area (Å²) in [5, 5.41) is 3.26. The number of piperidine rings is 1. The van der Waals surface area contributed by atoms with E-state index in [0.29, 0.717) is 28.6 Å². The molecule has 0 spiro atoms. The number of aryl methyl sites for hydroxylation is 1. The van der Waals surface area contributed by atoms with Crippen LogP contribution in [-0.4, -0.2) is 29.3 Å². The van der Waals surface area contributed by atoms with Gasteiger partial charge in [0.2, 0.25) is 0 Å². The number of nitrogens with zero attached hydrogens (tertiary/aromatic N) is 2. The molecular weight excluding hydrogens is 508 g/mol. The van der Waals surface area contributed by atoms with Crippen LogP contribution in [0.3, 0.4) is 0 Å². The van der Waals surface area contributed by atoms with Crippen LogP contribution in [0, 0.1) is 18.6 Å². The highest BCUT2D eigenvalue weighted by Gasteiger charge is 2.24. The number of halogens is 3. The number of rotatable bonds is 5. The molecule has 6 nitrogen and oxygen atoms in total. The number of fused-ring (bicyclic) bond motifs is 1. The average Bonchev–Trinajstić information content (AvgIpc) is 3.28. The molecule has 2 aromatic heterocycles. The van der Waals surface area contributed by atoms with Crippen molar-refractivity contribution >= 4 is 34.0 Å². The summed E-state index contributed by atoms with van der Waals surface area (Å²) in [6.45, 7) is 3.36. The maximum Gasteiger partial charge on any atom is 0.332 e. The summed E-state index contributed by atoms with van der Waals surface area (Å²) in [7, 11) is 1.39. The number of hydrogen-bond donors (Lipinski definition) is 1. The first-order chi connectivity index (χ1) is 16.9. The summed E-state index contributed by atoms with van der Waals surface area (Å²) in [5.41, 5.74) is 1.88. The predicted molar refractivity (Wildman–Crippen MR) is 141 cm³/mol. The van der Waals surface area contributed by atoms with Crippen molar-refractivity contribution in [2.24, 2.45) is 0 Å². The predicted octanol–water partition coefficient (Wildman–Crippen LogP) is 4.88. The highest BCUT2D eigenvalue weighted by Crippen LogP contribution is 2.34. The van der Waals surface area contributed by atoms with E-state index in [1.54, 1.807) is 22.8 Å². The third kappa shape index (κ3) is 4.70. The van der Waals surface area contributed by atoms with Crippen molar-refractivity contribution in [2.75, 3.05) is 20.2 Å². The molecule has 1 fully saturated rings. The Balaban J connectivity index is 0.00000304. The van der Waals surface area contributed by atoms with Crippen molar-refractivity contribution in [3.63, 3.8) is 0 Å². The number of ether oxygens (including phenoxy) is 1. The molecule has 0 amide bonds. The van der Waals surface area contributed by atoms with Crippen LogP contribution in [0.1, 0.15) is 30.0 Å². The second-order valence-corrected chi connectivity index (χ2v) is 9.83. The van der Waals surface area contributed by atoms with Crippen LogP contribution in [-0.2, 0) is 6.54 Å². The van der Waals surface area contributed by atoms with Crippen LogP contribution < -0.4 is 21.3 Å². The Bertz CT molecular complexity index is 1540. The normalized spacial score (nSPS) is 14.1. The second kappa shape index (κ2) is 10.5. The smallest absolute Gasteiger partial charge is 0.332 e. The van der Waals surface area contributed by atoms with Gasteiger partial charge in [-0.05, 0) is 79.9 Å². The molecule has 10 heteroatoms. The minimum absolute atomic E-state index is 0. The van der Waals surface area contributed by atoms with E-state index in [4.69, 9.17) is 4.74 Å². The second-order valence-electron chi connectivity index (χ2n) is 8.78. The molecule has 0 bridgehead atoms. The van der Waals surface area contributed by atoms with Crippen molar-refractivity contribution in [3.8, 4) is 16.2 Å². The zero-order valence-electron chi connectivity index (χ0n) is 19.8.